The van der Waals surface area contributed by atoms with Gasteiger partial charge in [0.15, 0.2) is 5.16 Å². The lowest BCUT2D eigenvalue weighted by molar-refractivity contribution is -0.118. The first kappa shape index (κ1) is 21.1. The highest BCUT2D eigenvalue weighted by Crippen LogP contribution is 2.18. The molecule has 3 aromatic rings. The Bertz CT molecular complexity index is 1010. The minimum atomic E-state index is -0.106. The summed E-state index contributed by atoms with van der Waals surface area (Å²) in [5.41, 5.74) is 1.83. The average molecular weight is 412 g/mol. The van der Waals surface area contributed by atoms with Crippen molar-refractivity contribution in [2.24, 2.45) is 0 Å². The van der Waals surface area contributed by atoms with Gasteiger partial charge in [-0.3, -0.25) is 14.2 Å². The number of carbonyl (C=O) groups is 1. The molecule has 0 aliphatic carbocycles. The number of nitrogens with one attached hydrogen (secondary N) is 1. The van der Waals surface area contributed by atoms with Gasteiger partial charge >= 0.3 is 0 Å². The van der Waals surface area contributed by atoms with Crippen LogP contribution in [-0.2, 0) is 22.5 Å². The van der Waals surface area contributed by atoms with E-state index in [9.17, 15) is 9.59 Å². The average Bonchev–Trinajstić information content (AvgIpc) is 2.75. The summed E-state index contributed by atoms with van der Waals surface area (Å²) in [6.07, 6.45) is 1.69. The Morgan fingerprint density at radius 1 is 1.14 bits per heavy atom. The molecule has 1 aromatic heterocycles. The molecule has 0 bridgehead atoms. The van der Waals surface area contributed by atoms with Gasteiger partial charge in [0.2, 0.25) is 5.91 Å². The molecule has 0 radical (unpaired) electrons. The van der Waals surface area contributed by atoms with E-state index in [1.165, 1.54) is 17.3 Å². The molecule has 152 valence electrons. The van der Waals surface area contributed by atoms with Gasteiger partial charge in [-0.25, -0.2) is 4.98 Å². The highest BCUT2D eigenvalue weighted by atomic mass is 32.2. The van der Waals surface area contributed by atoms with Crippen molar-refractivity contribution in [3.05, 3.63) is 70.5 Å². The summed E-state index contributed by atoms with van der Waals surface area (Å²) in [5, 5.41) is 3.96. The van der Waals surface area contributed by atoms with Crippen molar-refractivity contribution >= 4 is 28.6 Å². The summed E-state index contributed by atoms with van der Waals surface area (Å²) >= 11 is 1.29. The third-order valence-electron chi connectivity index (χ3n) is 4.48. The second kappa shape index (κ2) is 10.8. The van der Waals surface area contributed by atoms with E-state index in [1.807, 2.05) is 36.4 Å². The second-order valence-corrected chi connectivity index (χ2v) is 7.53. The maximum absolute atomic E-state index is 13.0. The number of amides is 1. The van der Waals surface area contributed by atoms with Gasteiger partial charge in [0.1, 0.15) is 0 Å². The molecule has 0 aliphatic rings. The number of benzene rings is 2. The standard InChI is InChI=1S/C22H25N3O3S/c1-28-15-13-23-20(26)16-29-22-24-19-12-6-5-11-18(19)21(27)25(22)14-7-10-17-8-3-2-4-9-17/h2-6,8-9,11-12H,7,10,13-16H2,1H3,(H,23,26). The number of methoxy groups -OCH3 is 1. The van der Waals surface area contributed by atoms with Crippen molar-refractivity contribution < 1.29 is 9.53 Å². The van der Waals surface area contributed by atoms with Gasteiger partial charge in [0, 0.05) is 20.2 Å². The molecule has 1 heterocycles. The Morgan fingerprint density at radius 3 is 2.69 bits per heavy atom. The number of carbonyl (C=O) groups excluding carboxylic acids is 1. The van der Waals surface area contributed by atoms with E-state index in [4.69, 9.17) is 4.74 Å². The van der Waals surface area contributed by atoms with Crippen LogP contribution in [0.1, 0.15) is 12.0 Å². The predicted octanol–water partition coefficient (Wildman–Crippen LogP) is 2.88. The minimum absolute atomic E-state index is 0.0639. The fraction of sp³-hybridized carbons (Fsp3) is 0.318. The fourth-order valence-electron chi connectivity index (χ4n) is 3.01. The Balaban J connectivity index is 1.76. The van der Waals surface area contributed by atoms with Crippen molar-refractivity contribution in [3.8, 4) is 0 Å². The summed E-state index contributed by atoms with van der Waals surface area (Å²) in [6, 6.07) is 17.5. The molecular weight excluding hydrogens is 386 g/mol. The highest BCUT2D eigenvalue weighted by Gasteiger charge is 2.13. The number of aryl methyl sites for hydroxylation is 1. The van der Waals surface area contributed by atoms with Crippen LogP contribution < -0.4 is 10.9 Å². The van der Waals surface area contributed by atoms with E-state index >= 15 is 0 Å². The Morgan fingerprint density at radius 2 is 1.90 bits per heavy atom. The smallest absolute Gasteiger partial charge is 0.262 e. The van der Waals surface area contributed by atoms with Crippen LogP contribution in [0.5, 0.6) is 0 Å². The van der Waals surface area contributed by atoms with Crippen LogP contribution in [0.25, 0.3) is 10.9 Å². The first-order chi connectivity index (χ1) is 14.2. The van der Waals surface area contributed by atoms with E-state index in [-0.39, 0.29) is 17.2 Å². The molecule has 1 amide bonds. The van der Waals surface area contributed by atoms with Crippen LogP contribution in [-0.4, -0.2) is 41.5 Å². The number of fused-ring (bicyclic) bond motifs is 1. The highest BCUT2D eigenvalue weighted by molar-refractivity contribution is 7.99. The number of thioether (sulfide) groups is 1. The molecule has 0 saturated heterocycles. The molecule has 0 unspecified atom stereocenters. The maximum atomic E-state index is 13.0. The molecule has 0 aliphatic heterocycles. The molecule has 3 rings (SSSR count). The lowest BCUT2D eigenvalue weighted by Gasteiger charge is -2.13. The molecule has 0 saturated carbocycles. The van der Waals surface area contributed by atoms with Crippen LogP contribution in [0, 0.1) is 0 Å². The quantitative estimate of drug-likeness (QED) is 0.315. The van der Waals surface area contributed by atoms with Crippen LogP contribution in [0.15, 0.2) is 64.5 Å². The third kappa shape index (κ3) is 5.92. The van der Waals surface area contributed by atoms with E-state index in [0.29, 0.717) is 35.8 Å². The number of hydrogen-bond donors (Lipinski definition) is 1. The lowest BCUT2D eigenvalue weighted by Crippen LogP contribution is -2.29. The fourth-order valence-corrected chi connectivity index (χ4v) is 3.87. The van der Waals surface area contributed by atoms with Gasteiger partial charge in [-0.15, -0.1) is 0 Å². The molecule has 6 nitrogen and oxygen atoms in total. The topological polar surface area (TPSA) is 73.2 Å². The molecule has 0 fully saturated rings. The van der Waals surface area contributed by atoms with Crippen molar-refractivity contribution in [3.63, 3.8) is 0 Å². The molecule has 0 spiro atoms. The number of ether oxygens (including phenoxy) is 1. The maximum Gasteiger partial charge on any atom is 0.262 e. The van der Waals surface area contributed by atoms with Crippen molar-refractivity contribution in [1.82, 2.24) is 14.9 Å². The lowest BCUT2D eigenvalue weighted by atomic mass is 10.1. The van der Waals surface area contributed by atoms with E-state index < -0.39 is 0 Å². The van der Waals surface area contributed by atoms with Gasteiger partial charge in [0.05, 0.1) is 23.3 Å². The van der Waals surface area contributed by atoms with Gasteiger partial charge in [0.25, 0.3) is 5.56 Å². The van der Waals surface area contributed by atoms with Crippen molar-refractivity contribution in [1.29, 1.82) is 0 Å². The monoisotopic (exact) mass is 411 g/mol. The van der Waals surface area contributed by atoms with Crippen LogP contribution in [0.4, 0.5) is 0 Å². The summed E-state index contributed by atoms with van der Waals surface area (Å²) in [6.45, 7) is 1.49. The molecule has 0 atom stereocenters. The predicted molar refractivity (Wildman–Crippen MR) is 116 cm³/mol. The van der Waals surface area contributed by atoms with Crippen LogP contribution in [0.2, 0.25) is 0 Å². The van der Waals surface area contributed by atoms with Crippen molar-refractivity contribution in [2.75, 3.05) is 26.0 Å². The second-order valence-electron chi connectivity index (χ2n) is 6.59. The number of rotatable bonds is 10. The first-order valence-corrected chi connectivity index (χ1v) is 10.6. The Hall–Kier alpha value is -2.64. The van der Waals surface area contributed by atoms with Gasteiger partial charge < -0.3 is 10.1 Å². The van der Waals surface area contributed by atoms with Gasteiger partial charge in [-0.2, -0.15) is 0 Å². The van der Waals surface area contributed by atoms with Gasteiger partial charge in [-0.05, 0) is 30.5 Å². The first-order valence-electron chi connectivity index (χ1n) is 9.61. The number of para-hydroxylation sites is 1. The zero-order valence-corrected chi connectivity index (χ0v) is 17.3. The van der Waals surface area contributed by atoms with Crippen LogP contribution >= 0.6 is 11.8 Å². The minimum Gasteiger partial charge on any atom is -0.383 e. The number of hydrogen-bond acceptors (Lipinski definition) is 5. The normalized spacial score (nSPS) is 10.9. The number of nitrogens with zero attached hydrogens (tertiary/aromatic N) is 2. The zero-order chi connectivity index (χ0) is 20.5. The van der Waals surface area contributed by atoms with Crippen LogP contribution in [0.3, 0.4) is 0 Å². The zero-order valence-electron chi connectivity index (χ0n) is 16.5. The molecule has 1 N–H and O–H groups in total. The summed E-state index contributed by atoms with van der Waals surface area (Å²) < 4.78 is 6.63. The molecule has 2 aromatic carbocycles. The van der Waals surface area contributed by atoms with Gasteiger partial charge in [-0.1, -0.05) is 54.2 Å². The molecule has 29 heavy (non-hydrogen) atoms. The number of aromatic nitrogens is 2. The summed E-state index contributed by atoms with van der Waals surface area (Å²) in [7, 11) is 1.59. The third-order valence-corrected chi connectivity index (χ3v) is 5.45. The summed E-state index contributed by atoms with van der Waals surface area (Å²) in [4.78, 5) is 29.7. The SMILES string of the molecule is COCCNC(=O)CSc1nc2ccccc2c(=O)n1CCCc1ccccc1. The summed E-state index contributed by atoms with van der Waals surface area (Å²) in [5.74, 6) is 0.0954. The Labute approximate surface area is 174 Å². The Kier molecular flexibility index (Phi) is 7.84. The van der Waals surface area contributed by atoms with E-state index in [2.05, 4.69) is 22.4 Å². The molecular formula is C22H25N3O3S. The van der Waals surface area contributed by atoms with Crippen molar-refractivity contribution in [2.45, 2.75) is 24.5 Å². The largest absolute Gasteiger partial charge is 0.383 e. The van der Waals surface area contributed by atoms with E-state index in [0.717, 1.165) is 12.8 Å². The van der Waals surface area contributed by atoms with E-state index in [1.54, 1.807) is 17.7 Å². The molecule has 7 heteroatoms.